The minimum Gasteiger partial charge on any atom is -0.468 e. The van der Waals surface area contributed by atoms with Crippen molar-refractivity contribution >= 4 is 28.7 Å². The topological polar surface area (TPSA) is 57.0 Å². The van der Waals surface area contributed by atoms with E-state index in [0.29, 0.717) is 11.5 Å². The Morgan fingerprint density at radius 3 is 3.00 bits per heavy atom. The van der Waals surface area contributed by atoms with E-state index < -0.39 is 0 Å². The van der Waals surface area contributed by atoms with Gasteiger partial charge >= 0.3 is 5.97 Å². The number of carbonyl (C=O) groups excluding carboxylic acids is 1. The molecule has 2 rings (SSSR count). The van der Waals surface area contributed by atoms with Crippen LogP contribution >= 0.6 is 11.6 Å². The predicted molar refractivity (Wildman–Crippen MR) is 63.8 cm³/mol. The summed E-state index contributed by atoms with van der Waals surface area (Å²) < 4.78 is 6.31. The Bertz CT molecular complexity index is 565. The molecule has 0 N–H and O–H groups in total. The summed E-state index contributed by atoms with van der Waals surface area (Å²) in [6.07, 6.45) is 1.73. The number of alkyl halides is 1. The summed E-state index contributed by atoms with van der Waals surface area (Å²) in [7, 11) is 1.35. The minimum atomic E-state index is -0.349. The van der Waals surface area contributed by atoms with Crippen LogP contribution in [0.15, 0.2) is 12.3 Å². The van der Waals surface area contributed by atoms with E-state index in [1.165, 1.54) is 7.11 Å². The molecule has 2 aromatic rings. The molecule has 0 aliphatic carbocycles. The van der Waals surface area contributed by atoms with Gasteiger partial charge in [-0.25, -0.2) is 9.97 Å². The Morgan fingerprint density at radius 2 is 2.35 bits per heavy atom. The molecule has 6 heteroatoms. The van der Waals surface area contributed by atoms with Crippen LogP contribution < -0.4 is 0 Å². The summed E-state index contributed by atoms with van der Waals surface area (Å²) in [4.78, 5) is 19.9. The largest absolute Gasteiger partial charge is 0.468 e. The first-order valence-corrected chi connectivity index (χ1v) is 5.63. The number of aryl methyl sites for hydroxylation is 1. The lowest BCUT2D eigenvalue weighted by molar-refractivity contribution is -0.141. The number of hydrogen-bond donors (Lipinski definition) is 0. The molecule has 0 amide bonds. The maximum absolute atomic E-state index is 11.3. The van der Waals surface area contributed by atoms with Crippen molar-refractivity contribution in [2.24, 2.45) is 0 Å². The fraction of sp³-hybridized carbons (Fsp3) is 0.364. The van der Waals surface area contributed by atoms with Crippen molar-refractivity contribution < 1.29 is 9.53 Å². The van der Waals surface area contributed by atoms with Crippen molar-refractivity contribution in [1.29, 1.82) is 0 Å². The average molecular weight is 254 g/mol. The first-order valence-electron chi connectivity index (χ1n) is 5.10. The van der Waals surface area contributed by atoms with Gasteiger partial charge in [0, 0.05) is 6.20 Å². The van der Waals surface area contributed by atoms with Gasteiger partial charge in [0.15, 0.2) is 5.65 Å². The second-order valence-corrected chi connectivity index (χ2v) is 3.95. The van der Waals surface area contributed by atoms with Crippen LogP contribution in [0.25, 0.3) is 11.2 Å². The zero-order valence-electron chi connectivity index (χ0n) is 9.61. The highest BCUT2D eigenvalue weighted by Gasteiger charge is 2.14. The molecular weight excluding hydrogens is 242 g/mol. The maximum Gasteiger partial charge on any atom is 0.325 e. The van der Waals surface area contributed by atoms with E-state index in [-0.39, 0.29) is 18.4 Å². The molecule has 0 aromatic carbocycles. The number of ether oxygens (including phenoxy) is 1. The number of fused-ring (bicyclic) bond motifs is 1. The lowest BCUT2D eigenvalue weighted by Crippen LogP contribution is -2.13. The van der Waals surface area contributed by atoms with Gasteiger partial charge in [0.2, 0.25) is 0 Å². The SMILES string of the molecule is COC(=O)Cn1c(CCl)nc2cc(C)cnc21. The van der Waals surface area contributed by atoms with Gasteiger partial charge < -0.3 is 9.30 Å². The van der Waals surface area contributed by atoms with E-state index in [1.807, 2.05) is 13.0 Å². The Labute approximate surface area is 103 Å². The second-order valence-electron chi connectivity index (χ2n) is 3.68. The molecule has 0 saturated heterocycles. The summed E-state index contributed by atoms with van der Waals surface area (Å²) >= 11 is 5.81. The molecular formula is C11H12ClN3O2. The van der Waals surface area contributed by atoms with Crippen LogP contribution in [0.1, 0.15) is 11.4 Å². The number of imidazole rings is 1. The quantitative estimate of drug-likeness (QED) is 0.617. The van der Waals surface area contributed by atoms with Gasteiger partial charge in [-0.15, -0.1) is 11.6 Å². The molecule has 0 bridgehead atoms. The lowest BCUT2D eigenvalue weighted by Gasteiger charge is -2.04. The van der Waals surface area contributed by atoms with Crippen LogP contribution in [-0.2, 0) is 22.0 Å². The number of hydrogen-bond acceptors (Lipinski definition) is 4. The Morgan fingerprint density at radius 1 is 1.59 bits per heavy atom. The molecule has 0 unspecified atom stereocenters. The van der Waals surface area contributed by atoms with Crippen molar-refractivity contribution in [3.63, 3.8) is 0 Å². The highest BCUT2D eigenvalue weighted by molar-refractivity contribution is 6.16. The zero-order chi connectivity index (χ0) is 12.4. The molecule has 0 spiro atoms. The molecule has 0 aliphatic heterocycles. The van der Waals surface area contributed by atoms with Crippen molar-refractivity contribution in [3.8, 4) is 0 Å². The molecule has 0 saturated carbocycles. The fourth-order valence-electron chi connectivity index (χ4n) is 1.62. The van der Waals surface area contributed by atoms with Crippen LogP contribution in [-0.4, -0.2) is 27.6 Å². The molecule has 0 aliphatic rings. The molecule has 0 radical (unpaired) electrons. The van der Waals surface area contributed by atoms with Crippen LogP contribution in [0, 0.1) is 6.92 Å². The summed E-state index contributed by atoms with van der Waals surface area (Å²) in [6, 6.07) is 1.91. The van der Waals surface area contributed by atoms with Crippen molar-refractivity contribution in [1.82, 2.24) is 14.5 Å². The third kappa shape index (κ3) is 2.24. The molecule has 0 atom stereocenters. The number of esters is 1. The van der Waals surface area contributed by atoms with Crippen molar-refractivity contribution in [2.75, 3.05) is 7.11 Å². The molecule has 90 valence electrons. The van der Waals surface area contributed by atoms with E-state index in [4.69, 9.17) is 11.6 Å². The number of aromatic nitrogens is 3. The molecule has 5 nitrogen and oxygen atoms in total. The average Bonchev–Trinajstić information content (AvgIpc) is 2.66. The van der Waals surface area contributed by atoms with Crippen LogP contribution in [0.4, 0.5) is 0 Å². The molecule has 2 aromatic heterocycles. The lowest BCUT2D eigenvalue weighted by atomic mass is 10.3. The number of rotatable bonds is 3. The van der Waals surface area contributed by atoms with E-state index in [0.717, 1.165) is 11.1 Å². The van der Waals surface area contributed by atoms with E-state index in [2.05, 4.69) is 14.7 Å². The second kappa shape index (κ2) is 4.71. The normalized spacial score (nSPS) is 10.8. The van der Waals surface area contributed by atoms with Gasteiger partial charge in [-0.2, -0.15) is 0 Å². The number of halogens is 1. The van der Waals surface area contributed by atoms with Gasteiger partial charge in [0.05, 0.1) is 13.0 Å². The highest BCUT2D eigenvalue weighted by Crippen LogP contribution is 2.16. The van der Waals surface area contributed by atoms with Gasteiger partial charge in [0.25, 0.3) is 0 Å². The fourth-order valence-corrected chi connectivity index (χ4v) is 1.82. The van der Waals surface area contributed by atoms with Crippen LogP contribution in [0.5, 0.6) is 0 Å². The molecule has 2 heterocycles. The van der Waals surface area contributed by atoms with E-state index in [1.54, 1.807) is 10.8 Å². The predicted octanol–water partition coefficient (Wildman–Crippen LogP) is 1.65. The van der Waals surface area contributed by atoms with E-state index in [9.17, 15) is 4.79 Å². The van der Waals surface area contributed by atoms with Gasteiger partial charge in [-0.1, -0.05) is 0 Å². The smallest absolute Gasteiger partial charge is 0.325 e. The highest BCUT2D eigenvalue weighted by atomic mass is 35.5. The first-order chi connectivity index (χ1) is 8.15. The Balaban J connectivity index is 2.54. The number of carbonyl (C=O) groups is 1. The van der Waals surface area contributed by atoms with Crippen molar-refractivity contribution in [2.45, 2.75) is 19.3 Å². The Hall–Kier alpha value is -1.62. The first kappa shape index (κ1) is 11.9. The van der Waals surface area contributed by atoms with Crippen molar-refractivity contribution in [3.05, 3.63) is 23.7 Å². The third-order valence-electron chi connectivity index (χ3n) is 2.44. The standard InChI is InChI=1S/C11H12ClN3O2/c1-7-3-8-11(13-5-7)15(6-10(16)17-2)9(4-12)14-8/h3,5H,4,6H2,1-2H3. The Kier molecular flexibility index (Phi) is 3.28. The molecule has 0 fully saturated rings. The monoisotopic (exact) mass is 253 g/mol. The number of methoxy groups -OCH3 is 1. The number of pyridine rings is 1. The maximum atomic E-state index is 11.3. The van der Waals surface area contributed by atoms with Crippen LogP contribution in [0.2, 0.25) is 0 Å². The van der Waals surface area contributed by atoms with Gasteiger partial charge in [-0.3, -0.25) is 4.79 Å². The summed E-state index contributed by atoms with van der Waals surface area (Å²) in [5.74, 6) is 0.495. The number of nitrogens with zero attached hydrogens (tertiary/aromatic N) is 3. The summed E-state index contributed by atoms with van der Waals surface area (Å²) in [5.41, 5.74) is 2.41. The minimum absolute atomic E-state index is 0.0745. The molecule has 17 heavy (non-hydrogen) atoms. The van der Waals surface area contributed by atoms with E-state index >= 15 is 0 Å². The summed E-state index contributed by atoms with van der Waals surface area (Å²) in [5, 5.41) is 0. The van der Waals surface area contributed by atoms with Crippen LogP contribution in [0.3, 0.4) is 0 Å². The summed E-state index contributed by atoms with van der Waals surface area (Å²) in [6.45, 7) is 2.01. The third-order valence-corrected chi connectivity index (χ3v) is 2.67. The van der Waals surface area contributed by atoms with Gasteiger partial charge in [-0.05, 0) is 18.6 Å². The van der Waals surface area contributed by atoms with Gasteiger partial charge in [0.1, 0.15) is 17.9 Å². The zero-order valence-corrected chi connectivity index (χ0v) is 10.4.